The van der Waals surface area contributed by atoms with Crippen LogP contribution in [0.25, 0.3) is 0 Å². The Labute approximate surface area is 95.2 Å². The normalized spacial score (nSPS) is 11.9. The molecule has 80 valence electrons. The molecule has 1 aromatic carbocycles. The molecule has 15 heavy (non-hydrogen) atoms. The van der Waals surface area contributed by atoms with Crippen LogP contribution in [0.1, 0.15) is 18.4 Å². The number of hydrogen-bond acceptors (Lipinski definition) is 3. The van der Waals surface area contributed by atoms with Gasteiger partial charge in [0.05, 0.1) is 23.6 Å². The number of ether oxygens (including phenoxy) is 1. The second kappa shape index (κ2) is 4.49. The largest absolute Gasteiger partial charge is 0.504 e. The minimum Gasteiger partial charge on any atom is -0.504 e. The zero-order chi connectivity index (χ0) is 11.6. The lowest BCUT2D eigenvalue weighted by Crippen LogP contribution is -1.99. The fourth-order valence-electron chi connectivity index (χ4n) is 1.21. The highest BCUT2D eigenvalue weighted by Crippen LogP contribution is 2.39. The minimum atomic E-state index is -0.857. The third kappa shape index (κ3) is 2.05. The second-order valence-corrected chi connectivity index (χ2v) is 3.85. The number of halogens is 2. The molecule has 0 aliphatic carbocycles. The van der Waals surface area contributed by atoms with Crippen LogP contribution in [0.4, 0.5) is 4.39 Å². The molecular formula is C10H9BrFNO2. The standard InChI is InChI=1S/C10H9BrFNO2/c1-5(4-13)6-3-7(11)9(14)8(12)10(6)15-2/h3,5,14H,1-2H3. The van der Waals surface area contributed by atoms with Crippen molar-refractivity contribution in [1.29, 1.82) is 5.26 Å². The lowest BCUT2D eigenvalue weighted by Gasteiger charge is -2.12. The zero-order valence-corrected chi connectivity index (χ0v) is 9.80. The molecule has 5 heteroatoms. The van der Waals surface area contributed by atoms with Gasteiger partial charge in [0, 0.05) is 5.56 Å². The van der Waals surface area contributed by atoms with E-state index in [9.17, 15) is 9.50 Å². The maximum atomic E-state index is 13.5. The van der Waals surface area contributed by atoms with Crippen LogP contribution in [-0.4, -0.2) is 12.2 Å². The molecule has 1 atom stereocenters. The monoisotopic (exact) mass is 273 g/mol. The van der Waals surface area contributed by atoms with E-state index in [-0.39, 0.29) is 10.2 Å². The number of nitrogens with zero attached hydrogens (tertiary/aromatic N) is 1. The predicted molar refractivity (Wildman–Crippen MR) is 56.3 cm³/mol. The van der Waals surface area contributed by atoms with Gasteiger partial charge in [-0.15, -0.1) is 0 Å². The minimum absolute atomic E-state index is 0.0928. The second-order valence-electron chi connectivity index (χ2n) is 2.99. The average molecular weight is 274 g/mol. The van der Waals surface area contributed by atoms with Gasteiger partial charge in [0.2, 0.25) is 5.82 Å². The Kier molecular flexibility index (Phi) is 3.53. The van der Waals surface area contributed by atoms with Crippen LogP contribution >= 0.6 is 15.9 Å². The summed E-state index contributed by atoms with van der Waals surface area (Å²) in [6, 6.07) is 3.46. The first-order valence-corrected chi connectivity index (χ1v) is 4.96. The predicted octanol–water partition coefficient (Wildman–Crippen LogP) is 2.93. The first-order chi connectivity index (χ1) is 7.02. The summed E-state index contributed by atoms with van der Waals surface area (Å²) in [6.07, 6.45) is 0. The number of benzene rings is 1. The van der Waals surface area contributed by atoms with Crippen molar-refractivity contribution in [1.82, 2.24) is 0 Å². The van der Waals surface area contributed by atoms with E-state index in [4.69, 9.17) is 10.00 Å². The molecule has 0 radical (unpaired) electrons. The van der Waals surface area contributed by atoms with Crippen LogP contribution in [0.2, 0.25) is 0 Å². The van der Waals surface area contributed by atoms with Crippen molar-refractivity contribution in [2.24, 2.45) is 0 Å². The molecule has 0 saturated heterocycles. The molecule has 0 bridgehead atoms. The van der Waals surface area contributed by atoms with Gasteiger partial charge in [-0.25, -0.2) is 0 Å². The van der Waals surface area contributed by atoms with Crippen LogP contribution in [0, 0.1) is 17.1 Å². The highest BCUT2D eigenvalue weighted by atomic mass is 79.9. The van der Waals surface area contributed by atoms with Gasteiger partial charge in [0.15, 0.2) is 11.5 Å². The van der Waals surface area contributed by atoms with Crippen molar-refractivity contribution in [3.8, 4) is 17.6 Å². The van der Waals surface area contributed by atoms with E-state index in [0.29, 0.717) is 5.56 Å². The molecule has 0 amide bonds. The van der Waals surface area contributed by atoms with E-state index < -0.39 is 17.5 Å². The third-order valence-electron chi connectivity index (χ3n) is 2.04. The highest BCUT2D eigenvalue weighted by molar-refractivity contribution is 9.10. The van der Waals surface area contributed by atoms with Gasteiger partial charge in [-0.3, -0.25) is 0 Å². The number of hydrogen-bond donors (Lipinski definition) is 1. The van der Waals surface area contributed by atoms with Crippen molar-refractivity contribution in [3.63, 3.8) is 0 Å². The number of aromatic hydroxyl groups is 1. The molecule has 1 rings (SSSR count). The lowest BCUT2D eigenvalue weighted by molar-refractivity contribution is 0.358. The van der Waals surface area contributed by atoms with Gasteiger partial charge >= 0.3 is 0 Å². The fourth-order valence-corrected chi connectivity index (χ4v) is 1.63. The van der Waals surface area contributed by atoms with Gasteiger partial charge in [-0.05, 0) is 28.9 Å². The molecule has 0 heterocycles. The molecule has 0 fully saturated rings. The van der Waals surface area contributed by atoms with E-state index >= 15 is 0 Å². The van der Waals surface area contributed by atoms with Crippen molar-refractivity contribution < 1.29 is 14.2 Å². The highest BCUT2D eigenvalue weighted by Gasteiger charge is 2.20. The lowest BCUT2D eigenvalue weighted by atomic mass is 10.0. The molecule has 1 N–H and O–H groups in total. The first-order valence-electron chi connectivity index (χ1n) is 4.17. The van der Waals surface area contributed by atoms with E-state index in [0.717, 1.165) is 0 Å². The van der Waals surface area contributed by atoms with E-state index in [1.807, 2.05) is 6.07 Å². The Balaban J connectivity index is 3.46. The van der Waals surface area contributed by atoms with Crippen molar-refractivity contribution in [3.05, 3.63) is 21.9 Å². The maximum Gasteiger partial charge on any atom is 0.208 e. The molecule has 1 unspecified atom stereocenters. The van der Waals surface area contributed by atoms with Crippen LogP contribution in [0.3, 0.4) is 0 Å². The summed E-state index contributed by atoms with van der Waals surface area (Å²) in [5.41, 5.74) is 0.405. The van der Waals surface area contributed by atoms with Gasteiger partial charge in [-0.1, -0.05) is 0 Å². The average Bonchev–Trinajstić information content (AvgIpc) is 2.24. The summed E-state index contributed by atoms with van der Waals surface area (Å²) in [6.45, 7) is 1.63. The maximum absolute atomic E-state index is 13.5. The summed E-state index contributed by atoms with van der Waals surface area (Å²) in [5, 5.41) is 18.1. The van der Waals surface area contributed by atoms with E-state index in [2.05, 4.69) is 15.9 Å². The quantitative estimate of drug-likeness (QED) is 0.902. The molecule has 1 aromatic rings. The number of methoxy groups -OCH3 is 1. The van der Waals surface area contributed by atoms with Crippen molar-refractivity contribution in [2.45, 2.75) is 12.8 Å². The molecule has 0 aromatic heterocycles. The van der Waals surface area contributed by atoms with Crippen molar-refractivity contribution in [2.75, 3.05) is 7.11 Å². The number of nitriles is 1. The van der Waals surface area contributed by atoms with Gasteiger partial charge in [-0.2, -0.15) is 9.65 Å². The molecule has 0 saturated carbocycles. The summed E-state index contributed by atoms with van der Waals surface area (Å²) >= 11 is 3.00. The van der Waals surface area contributed by atoms with E-state index in [1.54, 1.807) is 6.92 Å². The molecule has 0 aliphatic heterocycles. The van der Waals surface area contributed by atoms with Gasteiger partial charge < -0.3 is 9.84 Å². The Bertz CT molecular complexity index is 428. The Hall–Kier alpha value is -1.28. The molecule has 0 spiro atoms. The van der Waals surface area contributed by atoms with Crippen LogP contribution in [0.15, 0.2) is 10.5 Å². The van der Waals surface area contributed by atoms with E-state index in [1.165, 1.54) is 13.2 Å². The Morgan fingerprint density at radius 3 is 2.73 bits per heavy atom. The number of phenolic OH excluding ortho intramolecular Hbond substituents is 1. The number of phenols is 1. The SMILES string of the molecule is COc1c(C(C)C#N)cc(Br)c(O)c1F. The Morgan fingerprint density at radius 2 is 2.27 bits per heavy atom. The number of rotatable bonds is 2. The summed E-state index contributed by atoms with van der Waals surface area (Å²) in [4.78, 5) is 0. The summed E-state index contributed by atoms with van der Waals surface area (Å²) in [7, 11) is 1.29. The molecule has 3 nitrogen and oxygen atoms in total. The van der Waals surface area contributed by atoms with Crippen LogP contribution in [-0.2, 0) is 0 Å². The first kappa shape index (κ1) is 11.8. The fraction of sp³-hybridized carbons (Fsp3) is 0.300. The zero-order valence-electron chi connectivity index (χ0n) is 8.21. The van der Waals surface area contributed by atoms with Crippen LogP contribution in [0.5, 0.6) is 11.5 Å². The topological polar surface area (TPSA) is 53.2 Å². The van der Waals surface area contributed by atoms with Crippen LogP contribution < -0.4 is 4.74 Å². The summed E-state index contributed by atoms with van der Waals surface area (Å²) in [5.74, 6) is -1.97. The van der Waals surface area contributed by atoms with Crippen molar-refractivity contribution >= 4 is 15.9 Å². The smallest absolute Gasteiger partial charge is 0.208 e. The van der Waals surface area contributed by atoms with Gasteiger partial charge in [0.25, 0.3) is 0 Å². The summed E-state index contributed by atoms with van der Waals surface area (Å²) < 4.78 is 18.5. The Morgan fingerprint density at radius 1 is 1.67 bits per heavy atom. The third-order valence-corrected chi connectivity index (χ3v) is 2.65. The van der Waals surface area contributed by atoms with Gasteiger partial charge in [0.1, 0.15) is 0 Å². The molecular weight excluding hydrogens is 265 g/mol. The molecule has 0 aliphatic rings.